The van der Waals surface area contributed by atoms with E-state index in [0.29, 0.717) is 69.2 Å². The van der Waals surface area contributed by atoms with E-state index in [1.807, 2.05) is 29.2 Å². The fourth-order valence-corrected chi connectivity index (χ4v) is 3.55. The van der Waals surface area contributed by atoms with Crippen LogP contribution >= 0.6 is 0 Å². The van der Waals surface area contributed by atoms with Crippen LogP contribution in [0.1, 0.15) is 18.4 Å². The summed E-state index contributed by atoms with van der Waals surface area (Å²) in [6.45, 7) is 10.1. The number of benzene rings is 1. The Kier molecular flexibility index (Phi) is 7.36. The van der Waals surface area contributed by atoms with E-state index < -0.39 is 12.3 Å². The molecule has 3 heterocycles. The van der Waals surface area contributed by atoms with Gasteiger partial charge in [0.15, 0.2) is 0 Å². The quantitative estimate of drug-likeness (QED) is 0.435. The molecule has 10 nitrogen and oxygen atoms in total. The van der Waals surface area contributed by atoms with Gasteiger partial charge >= 0.3 is 5.97 Å². The third-order valence-electron chi connectivity index (χ3n) is 5.23. The van der Waals surface area contributed by atoms with Crippen LogP contribution < -0.4 is 20.3 Å². The number of carbonyl (C=O) groups is 1. The number of ether oxygens (including phenoxy) is 3. The molecule has 0 amide bonds. The lowest BCUT2D eigenvalue weighted by atomic mass is 10.1. The van der Waals surface area contributed by atoms with E-state index in [-0.39, 0.29) is 6.10 Å². The van der Waals surface area contributed by atoms with E-state index in [2.05, 4.69) is 38.7 Å². The molecule has 1 aromatic heterocycles. The van der Waals surface area contributed by atoms with Crippen LogP contribution in [0.3, 0.4) is 0 Å². The molecule has 0 radical (unpaired) electrons. The zero-order chi connectivity index (χ0) is 23.0. The minimum absolute atomic E-state index is 0.225. The first kappa shape index (κ1) is 22.5. The summed E-state index contributed by atoms with van der Waals surface area (Å²) in [6, 6.07) is 7.49. The van der Waals surface area contributed by atoms with Gasteiger partial charge in [0.05, 0.1) is 6.61 Å². The van der Waals surface area contributed by atoms with Gasteiger partial charge in [-0.05, 0) is 6.07 Å². The highest BCUT2D eigenvalue weighted by molar-refractivity contribution is 5.74. The molecule has 0 aliphatic carbocycles. The molecule has 0 saturated carbocycles. The van der Waals surface area contributed by atoms with Crippen LogP contribution in [-0.4, -0.2) is 59.5 Å². The topological polar surface area (TPSA) is 111 Å². The average molecular weight is 453 g/mol. The predicted octanol–water partition coefficient (Wildman–Crippen LogP) is 2.51. The fraction of sp³-hybridized carbons (Fsp3) is 0.391. The Balaban J connectivity index is 1.33. The highest BCUT2D eigenvalue weighted by atomic mass is 16.7. The van der Waals surface area contributed by atoms with Crippen LogP contribution in [0, 0.1) is 0 Å². The van der Waals surface area contributed by atoms with Crippen molar-refractivity contribution in [3.8, 4) is 5.75 Å². The first-order valence-corrected chi connectivity index (χ1v) is 10.9. The number of esters is 1. The van der Waals surface area contributed by atoms with Crippen molar-refractivity contribution >= 4 is 23.8 Å². The number of carbonyl (C=O) groups excluding carboxylic acids is 1. The summed E-state index contributed by atoms with van der Waals surface area (Å²) in [5.41, 5.74) is 0.913. The normalized spacial score (nSPS) is 17.9. The average Bonchev–Trinajstić information content (AvgIpc) is 2.86. The van der Waals surface area contributed by atoms with Crippen LogP contribution in [0.5, 0.6) is 5.75 Å². The number of hydrogen-bond donors (Lipinski definition) is 2. The second-order valence-corrected chi connectivity index (χ2v) is 7.61. The molecule has 33 heavy (non-hydrogen) atoms. The number of rotatable bonds is 9. The summed E-state index contributed by atoms with van der Waals surface area (Å²) in [5, 5.41) is 6.20. The number of fused-ring (bicyclic) bond motifs is 1. The van der Waals surface area contributed by atoms with E-state index in [1.54, 1.807) is 12.2 Å². The molecule has 1 saturated heterocycles. The summed E-state index contributed by atoms with van der Waals surface area (Å²) in [4.78, 5) is 28.0. The Hall–Kier alpha value is -3.66. The summed E-state index contributed by atoms with van der Waals surface area (Å²) in [5.74, 6) is 1.63. The van der Waals surface area contributed by atoms with Crippen molar-refractivity contribution in [2.75, 3.05) is 41.7 Å². The second-order valence-electron chi connectivity index (χ2n) is 7.61. The van der Waals surface area contributed by atoms with E-state index >= 15 is 0 Å². The third-order valence-corrected chi connectivity index (χ3v) is 5.23. The lowest BCUT2D eigenvalue weighted by molar-refractivity contribution is -0.189. The van der Waals surface area contributed by atoms with Gasteiger partial charge < -0.3 is 29.7 Å². The van der Waals surface area contributed by atoms with E-state index in [4.69, 9.17) is 14.2 Å². The van der Waals surface area contributed by atoms with Gasteiger partial charge in [-0.2, -0.15) is 15.0 Å². The largest absolute Gasteiger partial charge is 0.458 e. The SMILES string of the molecule is C=CCNc1nc(NCC=C)nc(N2CCC(OC(=O)C3OCc4ccccc4O3)CC2)n1. The molecule has 1 atom stereocenters. The standard InChI is InChI=1S/C23H28N6O4/c1-3-11-24-21-26-22(25-12-4-2)28-23(27-21)29-13-9-17(10-14-29)32-19(30)20-31-15-16-7-5-6-8-18(16)33-20/h3-8,17,20H,1-2,9-15H2,(H2,24,25,26,27,28). The summed E-state index contributed by atoms with van der Waals surface area (Å²) in [6.07, 6.45) is 3.49. The zero-order valence-corrected chi connectivity index (χ0v) is 18.4. The van der Waals surface area contributed by atoms with Crippen LogP contribution in [-0.2, 0) is 20.9 Å². The monoisotopic (exact) mass is 452 g/mol. The van der Waals surface area contributed by atoms with Gasteiger partial charge in [0.25, 0.3) is 6.29 Å². The number of aromatic nitrogens is 3. The molecule has 1 fully saturated rings. The first-order chi connectivity index (χ1) is 16.2. The molecule has 2 N–H and O–H groups in total. The number of nitrogens with zero attached hydrogens (tertiary/aromatic N) is 4. The predicted molar refractivity (Wildman–Crippen MR) is 124 cm³/mol. The number of para-hydroxylation sites is 1. The van der Waals surface area contributed by atoms with E-state index in [1.165, 1.54) is 0 Å². The molecule has 1 aromatic carbocycles. The molecule has 10 heteroatoms. The molecule has 4 rings (SSSR count). The highest BCUT2D eigenvalue weighted by Crippen LogP contribution is 2.27. The van der Waals surface area contributed by atoms with Gasteiger partial charge in [0.1, 0.15) is 11.9 Å². The maximum atomic E-state index is 12.6. The first-order valence-electron chi connectivity index (χ1n) is 10.9. The fourth-order valence-electron chi connectivity index (χ4n) is 3.55. The Morgan fingerprint density at radius 2 is 1.76 bits per heavy atom. The van der Waals surface area contributed by atoms with Crippen molar-refractivity contribution in [2.24, 2.45) is 0 Å². The molecule has 174 valence electrons. The maximum Gasteiger partial charge on any atom is 0.376 e. The van der Waals surface area contributed by atoms with Crippen LogP contribution in [0.25, 0.3) is 0 Å². The van der Waals surface area contributed by atoms with E-state index in [9.17, 15) is 4.79 Å². The molecule has 2 aliphatic heterocycles. The van der Waals surface area contributed by atoms with Crippen molar-refractivity contribution in [2.45, 2.75) is 31.8 Å². The van der Waals surface area contributed by atoms with E-state index in [0.717, 1.165) is 5.56 Å². The Morgan fingerprint density at radius 3 is 2.42 bits per heavy atom. The molecular weight excluding hydrogens is 424 g/mol. The smallest absolute Gasteiger partial charge is 0.376 e. The van der Waals surface area contributed by atoms with Gasteiger partial charge in [-0.1, -0.05) is 30.4 Å². The summed E-state index contributed by atoms with van der Waals surface area (Å²) < 4.78 is 16.8. The summed E-state index contributed by atoms with van der Waals surface area (Å²) in [7, 11) is 0. The van der Waals surface area contributed by atoms with Gasteiger partial charge in [-0.25, -0.2) is 4.79 Å². The van der Waals surface area contributed by atoms with Crippen LogP contribution in [0.15, 0.2) is 49.6 Å². The number of anilines is 3. The lowest BCUT2D eigenvalue weighted by Gasteiger charge is -2.33. The minimum Gasteiger partial charge on any atom is -0.458 e. The van der Waals surface area contributed by atoms with Gasteiger partial charge in [0.2, 0.25) is 17.8 Å². The van der Waals surface area contributed by atoms with Crippen LogP contribution in [0.4, 0.5) is 17.8 Å². The van der Waals surface area contributed by atoms with Crippen molar-refractivity contribution in [3.63, 3.8) is 0 Å². The Bertz CT molecular complexity index is 962. The van der Waals surface area contributed by atoms with Crippen LogP contribution in [0.2, 0.25) is 0 Å². The van der Waals surface area contributed by atoms with Gasteiger partial charge in [-0.15, -0.1) is 13.2 Å². The molecule has 2 aliphatic rings. The molecular formula is C23H28N6O4. The number of hydrogen-bond acceptors (Lipinski definition) is 10. The number of nitrogens with one attached hydrogen (secondary N) is 2. The summed E-state index contributed by atoms with van der Waals surface area (Å²) >= 11 is 0. The molecule has 2 aromatic rings. The van der Waals surface area contributed by atoms with Crippen molar-refractivity contribution < 1.29 is 19.0 Å². The third kappa shape index (κ3) is 5.78. The number of piperidine rings is 1. The van der Waals surface area contributed by atoms with Crippen molar-refractivity contribution in [1.29, 1.82) is 0 Å². The second kappa shape index (κ2) is 10.8. The van der Waals surface area contributed by atoms with Crippen molar-refractivity contribution in [3.05, 3.63) is 55.1 Å². The van der Waals surface area contributed by atoms with Gasteiger partial charge in [-0.3, -0.25) is 0 Å². The van der Waals surface area contributed by atoms with Gasteiger partial charge in [0, 0.05) is 44.6 Å². The highest BCUT2D eigenvalue weighted by Gasteiger charge is 2.32. The molecule has 0 spiro atoms. The van der Waals surface area contributed by atoms with Crippen molar-refractivity contribution in [1.82, 2.24) is 15.0 Å². The Labute approximate surface area is 192 Å². The lowest BCUT2D eigenvalue weighted by Crippen LogP contribution is -2.42. The Morgan fingerprint density at radius 1 is 1.09 bits per heavy atom. The minimum atomic E-state index is -1.04. The molecule has 1 unspecified atom stereocenters. The molecule has 0 bridgehead atoms. The zero-order valence-electron chi connectivity index (χ0n) is 18.4. The maximum absolute atomic E-state index is 12.6.